The van der Waals surface area contributed by atoms with Gasteiger partial charge in [-0.05, 0) is 35.4 Å². The van der Waals surface area contributed by atoms with Crippen LogP contribution in [0.1, 0.15) is 11.1 Å². The number of halogens is 1. The zero-order chi connectivity index (χ0) is 17.6. The molecule has 6 heteroatoms. The van der Waals surface area contributed by atoms with Gasteiger partial charge in [0, 0.05) is 37.7 Å². The molecule has 1 aliphatic heterocycles. The molecule has 1 fully saturated rings. The number of phenols is 1. The lowest BCUT2D eigenvalue weighted by Crippen LogP contribution is -2.43. The molecule has 1 aliphatic rings. The first-order valence-corrected chi connectivity index (χ1v) is 8.65. The highest BCUT2D eigenvalue weighted by atomic mass is 35.5. The van der Waals surface area contributed by atoms with E-state index < -0.39 is 0 Å². The third-order valence-electron chi connectivity index (χ3n) is 4.27. The summed E-state index contributed by atoms with van der Waals surface area (Å²) in [6.07, 6.45) is 1.80. The van der Waals surface area contributed by atoms with E-state index >= 15 is 0 Å². The van der Waals surface area contributed by atoms with Gasteiger partial charge in [-0.1, -0.05) is 29.8 Å². The maximum atomic E-state index is 9.63. The van der Waals surface area contributed by atoms with Crippen molar-refractivity contribution in [1.29, 1.82) is 0 Å². The Hall–Kier alpha value is -2.24. The minimum atomic E-state index is 0.132. The molecular formula is C19H22ClN3O2. The quantitative estimate of drug-likeness (QED) is 0.833. The lowest BCUT2D eigenvalue weighted by atomic mass is 10.2. The third kappa shape index (κ3) is 4.65. The lowest BCUT2D eigenvalue weighted by molar-refractivity contribution is 0.131. The Kier molecular flexibility index (Phi) is 5.79. The molecule has 0 saturated carbocycles. The van der Waals surface area contributed by atoms with Crippen molar-refractivity contribution in [1.82, 2.24) is 9.91 Å². The minimum absolute atomic E-state index is 0.132. The zero-order valence-electron chi connectivity index (χ0n) is 14.2. The average Bonchev–Trinajstić information content (AvgIpc) is 2.64. The van der Waals surface area contributed by atoms with Crippen LogP contribution in [0.3, 0.4) is 0 Å². The zero-order valence-corrected chi connectivity index (χ0v) is 15.0. The first kappa shape index (κ1) is 17.6. The molecular weight excluding hydrogens is 338 g/mol. The van der Waals surface area contributed by atoms with E-state index in [1.54, 1.807) is 18.3 Å². The van der Waals surface area contributed by atoms with Gasteiger partial charge in [-0.2, -0.15) is 5.10 Å². The van der Waals surface area contributed by atoms with Gasteiger partial charge in [0.2, 0.25) is 0 Å². The molecule has 0 atom stereocenters. The molecule has 25 heavy (non-hydrogen) atoms. The second-order valence-corrected chi connectivity index (χ2v) is 6.40. The van der Waals surface area contributed by atoms with E-state index in [-0.39, 0.29) is 5.75 Å². The second kappa shape index (κ2) is 8.23. The number of nitrogens with zero attached hydrogens (tertiary/aromatic N) is 3. The number of piperazine rings is 1. The monoisotopic (exact) mass is 359 g/mol. The topological polar surface area (TPSA) is 48.3 Å². The summed E-state index contributed by atoms with van der Waals surface area (Å²) >= 11 is 6.24. The van der Waals surface area contributed by atoms with Crippen LogP contribution in [-0.4, -0.2) is 54.5 Å². The molecule has 2 aromatic rings. The molecule has 0 unspecified atom stereocenters. The van der Waals surface area contributed by atoms with Gasteiger partial charge in [-0.25, -0.2) is 0 Å². The number of hydrogen-bond donors (Lipinski definition) is 1. The van der Waals surface area contributed by atoms with Gasteiger partial charge in [0.1, 0.15) is 0 Å². The maximum absolute atomic E-state index is 9.63. The number of aromatic hydroxyl groups is 1. The van der Waals surface area contributed by atoms with E-state index in [0.29, 0.717) is 5.75 Å². The molecule has 0 aliphatic carbocycles. The molecule has 3 rings (SSSR count). The summed E-state index contributed by atoms with van der Waals surface area (Å²) in [7, 11) is 1.54. The van der Waals surface area contributed by atoms with Crippen LogP contribution in [0.2, 0.25) is 5.02 Å². The summed E-state index contributed by atoms with van der Waals surface area (Å²) < 4.78 is 5.12. The standard InChI is InChI=1S/C19H22ClN3O2/c1-25-19-12-15(6-7-18(19)24)13-21-23-10-8-22(9-11-23)14-16-4-2-3-5-17(16)20/h2-7,12-13,24H,8-11,14H2,1H3/b21-13+. The highest BCUT2D eigenvalue weighted by Crippen LogP contribution is 2.25. The van der Waals surface area contributed by atoms with Crippen molar-refractivity contribution in [2.45, 2.75) is 6.54 Å². The van der Waals surface area contributed by atoms with Gasteiger partial charge < -0.3 is 9.84 Å². The Bertz CT molecular complexity index is 743. The van der Waals surface area contributed by atoms with E-state index in [1.807, 2.05) is 24.3 Å². The summed E-state index contributed by atoms with van der Waals surface area (Å²) in [4.78, 5) is 2.39. The summed E-state index contributed by atoms with van der Waals surface area (Å²) in [6.45, 7) is 4.50. The first-order chi connectivity index (χ1) is 12.2. The normalized spacial score (nSPS) is 15.7. The van der Waals surface area contributed by atoms with Gasteiger partial charge >= 0.3 is 0 Å². The number of ether oxygens (including phenoxy) is 1. The van der Waals surface area contributed by atoms with Gasteiger partial charge in [-0.3, -0.25) is 9.91 Å². The van der Waals surface area contributed by atoms with Crippen molar-refractivity contribution in [3.8, 4) is 11.5 Å². The van der Waals surface area contributed by atoms with Crippen molar-refractivity contribution < 1.29 is 9.84 Å². The number of benzene rings is 2. The van der Waals surface area contributed by atoms with E-state index in [2.05, 4.69) is 21.1 Å². The largest absolute Gasteiger partial charge is 0.504 e. The smallest absolute Gasteiger partial charge is 0.161 e. The average molecular weight is 360 g/mol. The molecule has 0 spiro atoms. The van der Waals surface area contributed by atoms with Crippen molar-refractivity contribution in [2.75, 3.05) is 33.3 Å². The second-order valence-electron chi connectivity index (χ2n) is 6.00. The summed E-state index contributed by atoms with van der Waals surface area (Å²) in [5.74, 6) is 0.585. The molecule has 2 aromatic carbocycles. The number of hydrazone groups is 1. The van der Waals surface area contributed by atoms with Crippen LogP contribution < -0.4 is 4.74 Å². The van der Waals surface area contributed by atoms with Crippen molar-refractivity contribution in [3.05, 3.63) is 58.6 Å². The van der Waals surface area contributed by atoms with Gasteiger partial charge in [0.15, 0.2) is 11.5 Å². The first-order valence-electron chi connectivity index (χ1n) is 8.27. The number of phenolic OH excluding ortho intramolecular Hbond substituents is 1. The Morgan fingerprint density at radius 1 is 1.16 bits per heavy atom. The predicted octanol–water partition coefficient (Wildman–Crippen LogP) is 3.21. The van der Waals surface area contributed by atoms with Gasteiger partial charge in [0.25, 0.3) is 0 Å². The summed E-state index contributed by atoms with van der Waals surface area (Å²) in [5.41, 5.74) is 2.06. The lowest BCUT2D eigenvalue weighted by Gasteiger charge is -2.33. The van der Waals surface area contributed by atoms with Crippen molar-refractivity contribution in [2.24, 2.45) is 5.10 Å². The number of rotatable bonds is 5. The molecule has 5 nitrogen and oxygen atoms in total. The molecule has 132 valence electrons. The maximum Gasteiger partial charge on any atom is 0.161 e. The summed E-state index contributed by atoms with van der Waals surface area (Å²) in [6, 6.07) is 13.2. The van der Waals surface area contributed by atoms with Crippen LogP contribution in [0.15, 0.2) is 47.6 Å². The fraction of sp³-hybridized carbons (Fsp3) is 0.316. The van der Waals surface area contributed by atoms with E-state index in [0.717, 1.165) is 48.9 Å². The predicted molar refractivity (Wildman–Crippen MR) is 101 cm³/mol. The van der Waals surface area contributed by atoms with Crippen LogP contribution in [-0.2, 0) is 6.54 Å². The van der Waals surface area contributed by atoms with Crippen LogP contribution in [0.5, 0.6) is 11.5 Å². The molecule has 1 N–H and O–H groups in total. The molecule has 0 aromatic heterocycles. The molecule has 0 radical (unpaired) electrons. The van der Waals surface area contributed by atoms with Crippen LogP contribution in [0, 0.1) is 0 Å². The third-order valence-corrected chi connectivity index (χ3v) is 4.64. The Labute approximate surface area is 153 Å². The Balaban J connectivity index is 1.53. The highest BCUT2D eigenvalue weighted by molar-refractivity contribution is 6.31. The van der Waals surface area contributed by atoms with E-state index in [4.69, 9.17) is 16.3 Å². The SMILES string of the molecule is COc1cc(/C=N/N2CCN(Cc3ccccc3Cl)CC2)ccc1O. The van der Waals surface area contributed by atoms with Crippen molar-refractivity contribution >= 4 is 17.8 Å². The number of hydrogen-bond acceptors (Lipinski definition) is 5. The fourth-order valence-electron chi connectivity index (χ4n) is 2.80. The van der Waals surface area contributed by atoms with Gasteiger partial charge in [-0.15, -0.1) is 0 Å². The molecule has 1 heterocycles. The Morgan fingerprint density at radius 3 is 2.64 bits per heavy atom. The molecule has 0 bridgehead atoms. The van der Waals surface area contributed by atoms with Crippen molar-refractivity contribution in [3.63, 3.8) is 0 Å². The van der Waals surface area contributed by atoms with E-state index in [1.165, 1.54) is 7.11 Å². The highest BCUT2D eigenvalue weighted by Gasteiger charge is 2.16. The van der Waals surface area contributed by atoms with E-state index in [9.17, 15) is 5.11 Å². The molecule has 1 saturated heterocycles. The fourth-order valence-corrected chi connectivity index (χ4v) is 3.00. The van der Waals surface area contributed by atoms with Crippen LogP contribution in [0.25, 0.3) is 0 Å². The Morgan fingerprint density at radius 2 is 1.92 bits per heavy atom. The number of methoxy groups -OCH3 is 1. The van der Waals surface area contributed by atoms with Gasteiger partial charge in [0.05, 0.1) is 13.3 Å². The minimum Gasteiger partial charge on any atom is -0.504 e. The van der Waals surface area contributed by atoms with Crippen LogP contribution in [0.4, 0.5) is 0 Å². The molecule has 0 amide bonds. The summed E-state index contributed by atoms with van der Waals surface area (Å²) in [5, 5.41) is 17.0. The van der Waals surface area contributed by atoms with Crippen LogP contribution >= 0.6 is 11.6 Å².